The number of hydrogen-bond acceptors (Lipinski definition) is 6. The summed E-state index contributed by atoms with van der Waals surface area (Å²) in [6.45, 7) is 0. The molecule has 1 aromatic heterocycles. The summed E-state index contributed by atoms with van der Waals surface area (Å²) in [4.78, 5) is 38.3. The largest absolute Gasteiger partial charge is 0.550 e. The van der Waals surface area contributed by atoms with E-state index in [0.717, 1.165) is 49.0 Å². The Hall–Kier alpha value is -2.15. The van der Waals surface area contributed by atoms with Gasteiger partial charge in [-0.05, 0) is 49.5 Å². The van der Waals surface area contributed by atoms with E-state index in [1.54, 1.807) is 0 Å². The van der Waals surface area contributed by atoms with Crippen LogP contribution in [0.15, 0.2) is 12.2 Å². The number of carbonyl (C=O) groups is 3. The van der Waals surface area contributed by atoms with Crippen molar-refractivity contribution in [2.45, 2.75) is 44.9 Å². The number of anilines is 1. The van der Waals surface area contributed by atoms with Gasteiger partial charge in [0.1, 0.15) is 5.00 Å². The van der Waals surface area contributed by atoms with Gasteiger partial charge in [0, 0.05) is 16.8 Å². The molecule has 0 unspecified atom stereocenters. The first-order chi connectivity index (χ1) is 13.5. The van der Waals surface area contributed by atoms with Gasteiger partial charge >= 0.3 is 5.97 Å². The fraction of sp³-hybridized carbons (Fsp3) is 0.571. The number of esters is 1. The molecular formula is C21H24NO5S-. The molecule has 0 aromatic carbocycles. The summed E-state index contributed by atoms with van der Waals surface area (Å²) in [7, 11) is 1.34. The van der Waals surface area contributed by atoms with Crippen LogP contribution in [-0.2, 0) is 27.2 Å². The van der Waals surface area contributed by atoms with Crippen molar-refractivity contribution in [3.8, 4) is 0 Å². The Morgan fingerprint density at radius 2 is 1.75 bits per heavy atom. The highest BCUT2D eigenvalue weighted by Gasteiger charge is 2.49. The molecule has 0 aliphatic heterocycles. The molecule has 6 nitrogen and oxygen atoms in total. The molecule has 0 spiro atoms. The molecule has 28 heavy (non-hydrogen) atoms. The molecule has 4 rings (SSSR count). The van der Waals surface area contributed by atoms with Gasteiger partial charge < -0.3 is 20.0 Å². The summed E-state index contributed by atoms with van der Waals surface area (Å²) < 4.78 is 4.99. The molecule has 0 saturated heterocycles. The summed E-state index contributed by atoms with van der Waals surface area (Å²) in [6.07, 6.45) is 10.5. The molecule has 150 valence electrons. The van der Waals surface area contributed by atoms with Gasteiger partial charge in [0.25, 0.3) is 0 Å². The van der Waals surface area contributed by atoms with Crippen LogP contribution < -0.4 is 10.4 Å². The number of amides is 1. The average molecular weight is 402 g/mol. The molecule has 3 aliphatic rings. The van der Waals surface area contributed by atoms with Crippen LogP contribution in [0, 0.1) is 23.7 Å². The Labute approximate surface area is 168 Å². The van der Waals surface area contributed by atoms with Gasteiger partial charge in [0.15, 0.2) is 0 Å². The molecule has 1 aromatic rings. The van der Waals surface area contributed by atoms with E-state index in [4.69, 9.17) is 4.74 Å². The lowest BCUT2D eigenvalue weighted by Crippen LogP contribution is -2.42. The van der Waals surface area contributed by atoms with Crippen LogP contribution in [0.1, 0.15) is 52.9 Å². The molecule has 1 amide bonds. The third-order valence-corrected chi connectivity index (χ3v) is 7.54. The SMILES string of the molecule is COC(=O)c1c(NC(=O)[C@H]2[C@@H](C(=O)[O-])[C@H]3C=C[C@@H]2C3)sc2c1CCCCCC2. The minimum Gasteiger partial charge on any atom is -0.550 e. The molecule has 1 heterocycles. The first-order valence-electron chi connectivity index (χ1n) is 9.94. The zero-order valence-electron chi connectivity index (χ0n) is 15.9. The van der Waals surface area contributed by atoms with E-state index in [1.165, 1.54) is 18.4 Å². The van der Waals surface area contributed by atoms with Crippen LogP contribution in [0.5, 0.6) is 0 Å². The summed E-state index contributed by atoms with van der Waals surface area (Å²) in [5.41, 5.74) is 1.43. The number of carboxylic acids is 1. The summed E-state index contributed by atoms with van der Waals surface area (Å²) in [5.74, 6) is -3.66. The number of allylic oxidation sites excluding steroid dienone is 2. The monoisotopic (exact) mass is 402 g/mol. The number of carbonyl (C=O) groups excluding carboxylic acids is 3. The first kappa shape index (κ1) is 19.2. The Morgan fingerprint density at radius 1 is 1.07 bits per heavy atom. The van der Waals surface area contributed by atoms with Gasteiger partial charge in [-0.3, -0.25) is 4.79 Å². The number of fused-ring (bicyclic) bond motifs is 3. The van der Waals surface area contributed by atoms with E-state index < -0.39 is 23.8 Å². The van der Waals surface area contributed by atoms with E-state index >= 15 is 0 Å². The highest BCUT2D eigenvalue weighted by atomic mass is 32.1. The van der Waals surface area contributed by atoms with Crippen molar-refractivity contribution in [3.05, 3.63) is 28.2 Å². The number of aryl methyl sites for hydroxylation is 1. The minimum absolute atomic E-state index is 0.0875. The number of ether oxygens (including phenoxy) is 1. The second kappa shape index (κ2) is 7.70. The third kappa shape index (κ3) is 3.26. The smallest absolute Gasteiger partial charge is 0.341 e. The van der Waals surface area contributed by atoms with E-state index in [2.05, 4.69) is 5.32 Å². The zero-order valence-corrected chi connectivity index (χ0v) is 16.7. The topological polar surface area (TPSA) is 95.5 Å². The van der Waals surface area contributed by atoms with Gasteiger partial charge in [-0.15, -0.1) is 11.3 Å². The lowest BCUT2D eigenvalue weighted by molar-refractivity contribution is -0.313. The van der Waals surface area contributed by atoms with E-state index in [0.29, 0.717) is 17.0 Å². The van der Waals surface area contributed by atoms with E-state index in [-0.39, 0.29) is 17.7 Å². The molecular weight excluding hydrogens is 378 g/mol. The summed E-state index contributed by atoms with van der Waals surface area (Å²) in [6, 6.07) is 0. The normalized spacial score (nSPS) is 28.3. The quantitative estimate of drug-likeness (QED) is 0.616. The zero-order chi connectivity index (χ0) is 19.8. The van der Waals surface area contributed by atoms with E-state index in [1.807, 2.05) is 12.2 Å². The van der Waals surface area contributed by atoms with Gasteiger partial charge in [-0.1, -0.05) is 25.0 Å². The minimum atomic E-state index is -1.18. The van der Waals surface area contributed by atoms with Crippen LogP contribution in [-0.4, -0.2) is 25.0 Å². The average Bonchev–Trinajstić information content (AvgIpc) is 3.34. The molecule has 1 saturated carbocycles. The van der Waals surface area contributed by atoms with Crippen molar-refractivity contribution in [3.63, 3.8) is 0 Å². The Bertz CT molecular complexity index is 842. The highest BCUT2D eigenvalue weighted by Crippen LogP contribution is 2.48. The van der Waals surface area contributed by atoms with Crippen LogP contribution in [0.3, 0.4) is 0 Å². The maximum atomic E-state index is 13.0. The fourth-order valence-corrected chi connectivity index (χ4v) is 6.30. The predicted molar refractivity (Wildman–Crippen MR) is 103 cm³/mol. The summed E-state index contributed by atoms with van der Waals surface area (Å²) in [5, 5.41) is 15.0. The standard InChI is InChI=1S/C21H25NO5S/c1-27-21(26)17-13-6-4-2-3-5-7-14(13)28-19(17)22-18(23)15-11-8-9-12(10-11)16(15)20(24)25/h8-9,11-12,15-16H,2-7,10H2,1H3,(H,22,23)(H,24,25)/p-1/t11-,12+,15-,16+/m1/s1. The molecule has 0 radical (unpaired) electrons. The second-order valence-corrected chi connectivity index (χ2v) is 9.03. The van der Waals surface area contributed by atoms with Gasteiger partial charge in [-0.25, -0.2) is 4.79 Å². The molecule has 1 N–H and O–H groups in total. The number of hydrogen-bond donors (Lipinski definition) is 1. The van der Waals surface area contributed by atoms with Crippen LogP contribution in [0.2, 0.25) is 0 Å². The van der Waals surface area contributed by atoms with Crippen LogP contribution in [0.25, 0.3) is 0 Å². The lowest BCUT2D eigenvalue weighted by Gasteiger charge is -2.27. The Balaban J connectivity index is 1.64. The number of nitrogens with one attached hydrogen (secondary N) is 1. The van der Waals surface area contributed by atoms with Crippen molar-refractivity contribution in [1.82, 2.24) is 0 Å². The molecule has 2 bridgehead atoms. The van der Waals surface area contributed by atoms with Gasteiger partial charge in [0.2, 0.25) is 5.91 Å². The van der Waals surface area contributed by atoms with Crippen LogP contribution in [0.4, 0.5) is 5.00 Å². The van der Waals surface area contributed by atoms with E-state index in [9.17, 15) is 19.5 Å². The summed E-state index contributed by atoms with van der Waals surface area (Å²) >= 11 is 1.43. The van der Waals surface area contributed by atoms with Crippen molar-refractivity contribution in [2.24, 2.45) is 23.7 Å². The second-order valence-electron chi connectivity index (χ2n) is 7.92. The van der Waals surface area contributed by atoms with Gasteiger partial charge in [0.05, 0.1) is 18.6 Å². The molecule has 3 aliphatic carbocycles. The number of carboxylic acid groups (broad SMARTS) is 1. The Morgan fingerprint density at radius 3 is 2.43 bits per heavy atom. The number of rotatable bonds is 4. The van der Waals surface area contributed by atoms with Crippen molar-refractivity contribution < 1.29 is 24.2 Å². The number of thiophene rings is 1. The van der Waals surface area contributed by atoms with Crippen molar-refractivity contribution in [1.29, 1.82) is 0 Å². The fourth-order valence-electron chi connectivity index (χ4n) is 5.02. The Kier molecular flexibility index (Phi) is 5.27. The lowest BCUT2D eigenvalue weighted by atomic mass is 9.82. The highest BCUT2D eigenvalue weighted by molar-refractivity contribution is 7.17. The maximum Gasteiger partial charge on any atom is 0.341 e. The molecule has 1 fully saturated rings. The molecule has 7 heteroatoms. The van der Waals surface area contributed by atoms with Crippen molar-refractivity contribution in [2.75, 3.05) is 12.4 Å². The molecule has 4 atom stereocenters. The van der Waals surface area contributed by atoms with Crippen molar-refractivity contribution >= 4 is 34.2 Å². The van der Waals surface area contributed by atoms with Crippen LogP contribution >= 0.6 is 11.3 Å². The maximum absolute atomic E-state index is 13.0. The predicted octanol–water partition coefficient (Wildman–Crippen LogP) is 2.32. The first-order valence-corrected chi connectivity index (χ1v) is 10.8. The number of aliphatic carboxylic acids is 1. The third-order valence-electron chi connectivity index (χ3n) is 6.33. The van der Waals surface area contributed by atoms with Gasteiger partial charge in [-0.2, -0.15) is 0 Å². The number of methoxy groups -OCH3 is 1.